The number of carbonyl (C=O) groups is 1. The van der Waals surface area contributed by atoms with Crippen LogP contribution in [0.1, 0.15) is 24.2 Å². The number of furan rings is 1. The monoisotopic (exact) mass is 376 g/mol. The van der Waals surface area contributed by atoms with Crippen molar-refractivity contribution >= 4 is 17.5 Å². The second-order valence-corrected chi connectivity index (χ2v) is 7.09. The summed E-state index contributed by atoms with van der Waals surface area (Å²) >= 11 is 6.14. The summed E-state index contributed by atoms with van der Waals surface area (Å²) in [6.07, 6.45) is 3.63. The molecule has 1 aliphatic heterocycles. The summed E-state index contributed by atoms with van der Waals surface area (Å²) in [6, 6.07) is 9.51. The lowest BCUT2D eigenvalue weighted by atomic mass is 9.97. The first-order valence-corrected chi connectivity index (χ1v) is 9.41. The summed E-state index contributed by atoms with van der Waals surface area (Å²) in [6.45, 7) is 5.34. The van der Waals surface area contributed by atoms with Gasteiger partial charge in [0.05, 0.1) is 30.3 Å². The maximum absolute atomic E-state index is 12.4. The van der Waals surface area contributed by atoms with Gasteiger partial charge in [-0.3, -0.25) is 9.69 Å². The average molecular weight is 377 g/mol. The molecule has 1 aromatic carbocycles. The Bertz CT molecular complexity index is 698. The molecule has 0 saturated carbocycles. The molecular formula is C20H25ClN2O3. The van der Waals surface area contributed by atoms with Crippen molar-refractivity contribution in [3.8, 4) is 5.75 Å². The van der Waals surface area contributed by atoms with E-state index in [0.717, 1.165) is 43.8 Å². The number of rotatable bonds is 7. The normalized spacial score (nSPS) is 17.8. The van der Waals surface area contributed by atoms with Crippen molar-refractivity contribution in [3.05, 3.63) is 52.9 Å². The Morgan fingerprint density at radius 3 is 3.04 bits per heavy atom. The van der Waals surface area contributed by atoms with Crippen molar-refractivity contribution in [2.24, 2.45) is 5.92 Å². The predicted octanol–water partition coefficient (Wildman–Crippen LogP) is 3.65. The Morgan fingerprint density at radius 1 is 1.38 bits per heavy atom. The largest absolute Gasteiger partial charge is 0.490 e. The fourth-order valence-electron chi connectivity index (χ4n) is 3.31. The quantitative estimate of drug-likeness (QED) is 0.749. The van der Waals surface area contributed by atoms with Crippen LogP contribution in [0, 0.1) is 12.8 Å². The zero-order valence-electron chi connectivity index (χ0n) is 15.0. The van der Waals surface area contributed by atoms with Gasteiger partial charge in [0.1, 0.15) is 18.1 Å². The van der Waals surface area contributed by atoms with E-state index in [2.05, 4.69) is 10.2 Å². The number of nitrogens with one attached hydrogen (secondary N) is 1. The van der Waals surface area contributed by atoms with Crippen LogP contribution < -0.4 is 10.1 Å². The highest BCUT2D eigenvalue weighted by atomic mass is 35.5. The molecule has 1 atom stereocenters. The molecule has 1 amide bonds. The van der Waals surface area contributed by atoms with Crippen LogP contribution in [-0.2, 0) is 11.3 Å². The number of hydrogen-bond acceptors (Lipinski definition) is 4. The van der Waals surface area contributed by atoms with Crippen LogP contribution in [0.5, 0.6) is 5.75 Å². The highest BCUT2D eigenvalue weighted by molar-refractivity contribution is 6.32. The summed E-state index contributed by atoms with van der Waals surface area (Å²) in [5.41, 5.74) is 0.990. The van der Waals surface area contributed by atoms with Gasteiger partial charge in [0, 0.05) is 6.54 Å². The first-order valence-electron chi connectivity index (χ1n) is 9.04. The van der Waals surface area contributed by atoms with E-state index in [1.807, 2.05) is 31.2 Å². The zero-order chi connectivity index (χ0) is 18.4. The van der Waals surface area contributed by atoms with Crippen LogP contribution in [0.15, 0.2) is 41.0 Å². The molecule has 0 spiro atoms. The van der Waals surface area contributed by atoms with E-state index >= 15 is 0 Å². The fraction of sp³-hybridized carbons (Fsp3) is 0.450. The maximum Gasteiger partial charge on any atom is 0.224 e. The molecule has 1 saturated heterocycles. The number of carbonyl (C=O) groups excluding carboxylic acids is 1. The minimum Gasteiger partial charge on any atom is -0.490 e. The summed E-state index contributed by atoms with van der Waals surface area (Å²) in [5.74, 6) is 1.73. The summed E-state index contributed by atoms with van der Waals surface area (Å²) < 4.78 is 11.1. The SMILES string of the molecule is Cc1cccc(Cl)c1OCCNC(=O)[C@H]1CCCN(Cc2ccco2)C1. The van der Waals surface area contributed by atoms with E-state index in [4.69, 9.17) is 20.8 Å². The van der Waals surface area contributed by atoms with Crippen molar-refractivity contribution in [1.29, 1.82) is 0 Å². The van der Waals surface area contributed by atoms with Gasteiger partial charge in [0.15, 0.2) is 0 Å². The fourth-order valence-corrected chi connectivity index (χ4v) is 3.58. The Balaban J connectivity index is 1.41. The summed E-state index contributed by atoms with van der Waals surface area (Å²) in [4.78, 5) is 14.7. The van der Waals surface area contributed by atoms with Crippen LogP contribution in [0.3, 0.4) is 0 Å². The van der Waals surface area contributed by atoms with Crippen LogP contribution in [0.25, 0.3) is 0 Å². The number of nitrogens with zero attached hydrogens (tertiary/aromatic N) is 1. The number of benzene rings is 1. The van der Waals surface area contributed by atoms with Gasteiger partial charge in [-0.15, -0.1) is 0 Å². The molecule has 2 aromatic rings. The molecule has 1 N–H and O–H groups in total. The minimum absolute atomic E-state index is 0.0146. The lowest BCUT2D eigenvalue weighted by Crippen LogP contribution is -2.43. The van der Waals surface area contributed by atoms with E-state index in [0.29, 0.717) is 23.9 Å². The third-order valence-corrected chi connectivity index (χ3v) is 4.95. The predicted molar refractivity (Wildman–Crippen MR) is 101 cm³/mol. The Hall–Kier alpha value is -1.98. The molecule has 3 rings (SSSR count). The van der Waals surface area contributed by atoms with Crippen molar-refractivity contribution in [3.63, 3.8) is 0 Å². The minimum atomic E-state index is 0.0146. The number of para-hydroxylation sites is 1. The van der Waals surface area contributed by atoms with Crippen molar-refractivity contribution in [2.75, 3.05) is 26.2 Å². The average Bonchev–Trinajstić information content (AvgIpc) is 3.13. The highest BCUT2D eigenvalue weighted by Gasteiger charge is 2.25. The number of piperidine rings is 1. The molecule has 0 aliphatic carbocycles. The van der Waals surface area contributed by atoms with Crippen molar-refractivity contribution in [2.45, 2.75) is 26.3 Å². The molecule has 5 nitrogen and oxygen atoms in total. The highest BCUT2D eigenvalue weighted by Crippen LogP contribution is 2.27. The van der Waals surface area contributed by atoms with Crippen LogP contribution in [0.2, 0.25) is 5.02 Å². The van der Waals surface area contributed by atoms with E-state index in [9.17, 15) is 4.79 Å². The van der Waals surface area contributed by atoms with E-state index in [1.165, 1.54) is 0 Å². The third kappa shape index (κ3) is 5.02. The molecule has 1 fully saturated rings. The molecular weight excluding hydrogens is 352 g/mol. The molecule has 0 radical (unpaired) electrons. The lowest BCUT2D eigenvalue weighted by molar-refractivity contribution is -0.126. The number of aryl methyl sites for hydroxylation is 1. The first kappa shape index (κ1) is 18.8. The number of likely N-dealkylation sites (tertiary alicyclic amines) is 1. The van der Waals surface area contributed by atoms with Gasteiger partial charge in [-0.05, 0) is 50.1 Å². The molecule has 26 heavy (non-hydrogen) atoms. The molecule has 2 heterocycles. The number of halogens is 1. The first-order chi connectivity index (χ1) is 12.6. The third-order valence-electron chi connectivity index (χ3n) is 4.65. The summed E-state index contributed by atoms with van der Waals surface area (Å²) in [7, 11) is 0. The van der Waals surface area contributed by atoms with Gasteiger partial charge in [0.25, 0.3) is 0 Å². The lowest BCUT2D eigenvalue weighted by Gasteiger charge is -2.31. The van der Waals surface area contributed by atoms with E-state index in [1.54, 1.807) is 12.3 Å². The van der Waals surface area contributed by atoms with Crippen LogP contribution in [-0.4, -0.2) is 37.0 Å². The van der Waals surface area contributed by atoms with Crippen LogP contribution >= 0.6 is 11.6 Å². The Labute approximate surface area is 159 Å². The van der Waals surface area contributed by atoms with Crippen molar-refractivity contribution in [1.82, 2.24) is 10.2 Å². The zero-order valence-corrected chi connectivity index (χ0v) is 15.8. The number of hydrogen-bond donors (Lipinski definition) is 1. The standard InChI is InChI=1S/C20H25ClN2O3/c1-15-5-2-8-18(21)19(15)26-12-9-22-20(24)16-6-3-10-23(13-16)14-17-7-4-11-25-17/h2,4-5,7-8,11,16H,3,6,9-10,12-14H2,1H3,(H,22,24)/t16-/m0/s1. The Morgan fingerprint density at radius 2 is 2.27 bits per heavy atom. The second kappa shape index (κ2) is 9.10. The van der Waals surface area contributed by atoms with Gasteiger partial charge in [0.2, 0.25) is 5.91 Å². The van der Waals surface area contributed by atoms with Crippen molar-refractivity contribution < 1.29 is 13.9 Å². The van der Waals surface area contributed by atoms with Gasteiger partial charge < -0.3 is 14.5 Å². The Kier molecular flexibility index (Phi) is 6.58. The molecule has 1 aliphatic rings. The van der Waals surface area contributed by atoms with Gasteiger partial charge >= 0.3 is 0 Å². The van der Waals surface area contributed by atoms with E-state index in [-0.39, 0.29) is 11.8 Å². The number of ether oxygens (including phenoxy) is 1. The molecule has 1 aromatic heterocycles. The number of amides is 1. The van der Waals surface area contributed by atoms with Gasteiger partial charge in [-0.2, -0.15) is 0 Å². The van der Waals surface area contributed by atoms with Crippen LogP contribution in [0.4, 0.5) is 0 Å². The maximum atomic E-state index is 12.4. The second-order valence-electron chi connectivity index (χ2n) is 6.68. The molecule has 0 unspecified atom stereocenters. The molecule has 0 bridgehead atoms. The van der Waals surface area contributed by atoms with Gasteiger partial charge in [-0.1, -0.05) is 23.7 Å². The molecule has 6 heteroatoms. The van der Waals surface area contributed by atoms with E-state index < -0.39 is 0 Å². The molecule has 140 valence electrons. The summed E-state index contributed by atoms with van der Waals surface area (Å²) in [5, 5.41) is 3.58. The smallest absolute Gasteiger partial charge is 0.224 e. The van der Waals surface area contributed by atoms with Gasteiger partial charge in [-0.25, -0.2) is 0 Å². The topological polar surface area (TPSA) is 54.7 Å².